The molecule has 2 saturated heterocycles. The first-order valence-corrected chi connectivity index (χ1v) is 5.98. The highest BCUT2D eigenvalue weighted by Crippen LogP contribution is 2.35. The predicted octanol–water partition coefficient (Wildman–Crippen LogP) is 2.71. The first-order valence-electron chi connectivity index (χ1n) is 5.98. The lowest BCUT2D eigenvalue weighted by atomic mass is 9.95. The number of furan rings is 1. The second kappa shape index (κ2) is 4.07. The summed E-state index contributed by atoms with van der Waals surface area (Å²) in [5.41, 5.74) is 1.10. The molecule has 3 rings (SSSR count). The van der Waals surface area contributed by atoms with Gasteiger partial charge in [0, 0.05) is 24.1 Å². The van der Waals surface area contributed by atoms with Crippen molar-refractivity contribution in [3.05, 3.63) is 30.2 Å². The van der Waals surface area contributed by atoms with Crippen molar-refractivity contribution in [2.75, 3.05) is 6.54 Å². The first kappa shape index (κ1) is 10.1. The Morgan fingerprint density at radius 1 is 1.50 bits per heavy atom. The molecule has 1 aromatic rings. The van der Waals surface area contributed by atoms with Crippen LogP contribution in [0.2, 0.25) is 0 Å². The summed E-state index contributed by atoms with van der Waals surface area (Å²) in [6, 6.07) is 2.58. The average molecular weight is 219 g/mol. The van der Waals surface area contributed by atoms with Gasteiger partial charge < -0.3 is 4.42 Å². The molecule has 0 spiro atoms. The summed E-state index contributed by atoms with van der Waals surface area (Å²) in [7, 11) is 0. The summed E-state index contributed by atoms with van der Waals surface area (Å²) >= 11 is 0. The van der Waals surface area contributed by atoms with E-state index < -0.39 is 0 Å². The third-order valence-corrected chi connectivity index (χ3v) is 3.65. The van der Waals surface area contributed by atoms with Gasteiger partial charge >= 0.3 is 0 Å². The molecule has 0 bridgehead atoms. The van der Waals surface area contributed by atoms with Crippen molar-refractivity contribution >= 4 is 6.08 Å². The van der Waals surface area contributed by atoms with E-state index in [1.807, 2.05) is 6.07 Å². The zero-order chi connectivity index (χ0) is 11.0. The molecular formula is C13H17NO2. The van der Waals surface area contributed by atoms with E-state index >= 15 is 0 Å². The molecule has 3 heterocycles. The smallest absolute Gasteiger partial charge is 0.102 e. The zero-order valence-electron chi connectivity index (χ0n) is 9.50. The molecule has 86 valence electrons. The van der Waals surface area contributed by atoms with Gasteiger partial charge in [0.25, 0.3) is 0 Å². The van der Waals surface area contributed by atoms with Crippen LogP contribution < -0.4 is 0 Å². The highest BCUT2D eigenvalue weighted by Gasteiger charge is 2.41. The van der Waals surface area contributed by atoms with Crippen LogP contribution in [0.15, 0.2) is 29.1 Å². The lowest BCUT2D eigenvalue weighted by Crippen LogP contribution is -2.23. The van der Waals surface area contributed by atoms with Crippen molar-refractivity contribution in [3.8, 4) is 0 Å². The van der Waals surface area contributed by atoms with Gasteiger partial charge in [-0.25, -0.2) is 0 Å². The van der Waals surface area contributed by atoms with Crippen LogP contribution in [0.25, 0.3) is 6.08 Å². The maximum Gasteiger partial charge on any atom is 0.102 e. The molecule has 16 heavy (non-hydrogen) atoms. The van der Waals surface area contributed by atoms with E-state index in [0.717, 1.165) is 12.1 Å². The number of hydroxylamine groups is 2. The molecule has 0 radical (unpaired) electrons. The monoisotopic (exact) mass is 219 g/mol. The van der Waals surface area contributed by atoms with E-state index in [-0.39, 0.29) is 6.10 Å². The van der Waals surface area contributed by atoms with Crippen LogP contribution in [-0.2, 0) is 4.84 Å². The molecule has 1 aromatic heterocycles. The Balaban J connectivity index is 1.68. The van der Waals surface area contributed by atoms with Gasteiger partial charge in [0.2, 0.25) is 0 Å². The molecule has 2 aliphatic rings. The normalized spacial score (nSPS) is 34.9. The topological polar surface area (TPSA) is 25.6 Å². The van der Waals surface area contributed by atoms with Crippen molar-refractivity contribution in [1.29, 1.82) is 0 Å². The maximum absolute atomic E-state index is 5.91. The molecular weight excluding hydrogens is 202 g/mol. The van der Waals surface area contributed by atoms with Gasteiger partial charge in [-0.1, -0.05) is 19.1 Å². The lowest BCUT2D eigenvalue weighted by Gasteiger charge is -2.12. The Morgan fingerprint density at radius 2 is 2.44 bits per heavy atom. The average Bonchev–Trinajstić information content (AvgIpc) is 2.96. The minimum absolute atomic E-state index is 0.222. The van der Waals surface area contributed by atoms with Crippen molar-refractivity contribution in [3.63, 3.8) is 0 Å². The van der Waals surface area contributed by atoms with Crippen molar-refractivity contribution in [2.45, 2.75) is 31.9 Å². The van der Waals surface area contributed by atoms with E-state index in [4.69, 9.17) is 9.25 Å². The van der Waals surface area contributed by atoms with Crippen molar-refractivity contribution in [2.24, 2.45) is 5.92 Å². The van der Waals surface area contributed by atoms with E-state index in [0.29, 0.717) is 12.0 Å². The fourth-order valence-corrected chi connectivity index (χ4v) is 2.68. The van der Waals surface area contributed by atoms with E-state index in [2.05, 4.69) is 24.1 Å². The zero-order valence-corrected chi connectivity index (χ0v) is 9.50. The van der Waals surface area contributed by atoms with E-state index in [9.17, 15) is 0 Å². The van der Waals surface area contributed by atoms with Crippen LogP contribution in [0.1, 0.15) is 25.3 Å². The number of fused-ring (bicyclic) bond motifs is 1. The van der Waals surface area contributed by atoms with Gasteiger partial charge in [0.05, 0.1) is 12.5 Å². The second-order valence-corrected chi connectivity index (χ2v) is 4.70. The van der Waals surface area contributed by atoms with Gasteiger partial charge in [-0.05, 0) is 18.9 Å². The summed E-state index contributed by atoms with van der Waals surface area (Å²) in [6.07, 6.45) is 10.4. The molecule has 0 aliphatic carbocycles. The van der Waals surface area contributed by atoms with E-state index in [1.54, 1.807) is 12.5 Å². The fraction of sp³-hybridized carbons (Fsp3) is 0.538. The Bertz CT molecular complexity index is 371. The molecule has 3 nitrogen and oxygen atoms in total. The largest absolute Gasteiger partial charge is 0.472 e. The summed E-state index contributed by atoms with van der Waals surface area (Å²) in [4.78, 5) is 5.91. The van der Waals surface area contributed by atoms with Gasteiger partial charge in [0.1, 0.15) is 6.10 Å². The minimum Gasteiger partial charge on any atom is -0.472 e. The van der Waals surface area contributed by atoms with Crippen LogP contribution in [-0.4, -0.2) is 23.8 Å². The Kier molecular flexibility index (Phi) is 2.58. The van der Waals surface area contributed by atoms with Gasteiger partial charge in [-0.15, -0.1) is 0 Å². The van der Waals surface area contributed by atoms with Crippen LogP contribution in [0.4, 0.5) is 0 Å². The SMILES string of the molecule is CC1C(/C=C/c2ccoc2)ON2CCCC12. The number of rotatable bonds is 2. The van der Waals surface area contributed by atoms with Crippen LogP contribution in [0.5, 0.6) is 0 Å². The van der Waals surface area contributed by atoms with Crippen LogP contribution >= 0.6 is 0 Å². The molecule has 0 N–H and O–H groups in total. The Morgan fingerprint density at radius 3 is 3.19 bits per heavy atom. The standard InChI is InChI=1S/C13H17NO2/c1-10-12-3-2-7-14(12)16-13(10)5-4-11-6-8-15-9-11/h4-6,8-10,12-13H,2-3,7H2,1H3/b5-4+. The van der Waals surface area contributed by atoms with E-state index in [1.165, 1.54) is 12.8 Å². The maximum atomic E-state index is 5.91. The highest BCUT2D eigenvalue weighted by atomic mass is 16.7. The lowest BCUT2D eigenvalue weighted by molar-refractivity contribution is -0.134. The van der Waals surface area contributed by atoms with Gasteiger partial charge in [-0.2, -0.15) is 5.06 Å². The third-order valence-electron chi connectivity index (χ3n) is 3.65. The summed E-state index contributed by atoms with van der Waals surface area (Å²) in [5.74, 6) is 0.589. The summed E-state index contributed by atoms with van der Waals surface area (Å²) in [5, 5.41) is 2.16. The number of nitrogens with zero attached hydrogens (tertiary/aromatic N) is 1. The fourth-order valence-electron chi connectivity index (χ4n) is 2.68. The van der Waals surface area contributed by atoms with Crippen molar-refractivity contribution < 1.29 is 9.25 Å². The quantitative estimate of drug-likeness (QED) is 0.764. The number of hydrogen-bond donors (Lipinski definition) is 0. The van der Waals surface area contributed by atoms with Crippen molar-refractivity contribution in [1.82, 2.24) is 5.06 Å². The summed E-state index contributed by atoms with van der Waals surface area (Å²) < 4.78 is 5.03. The second-order valence-electron chi connectivity index (χ2n) is 4.70. The van der Waals surface area contributed by atoms with Gasteiger partial charge in [-0.3, -0.25) is 4.84 Å². The molecule has 0 saturated carbocycles. The molecule has 3 atom stereocenters. The molecule has 2 aliphatic heterocycles. The third kappa shape index (κ3) is 1.70. The van der Waals surface area contributed by atoms with Crippen LogP contribution in [0, 0.1) is 5.92 Å². The number of hydrogen-bond acceptors (Lipinski definition) is 3. The molecule has 3 unspecified atom stereocenters. The predicted molar refractivity (Wildman–Crippen MR) is 61.5 cm³/mol. The summed E-state index contributed by atoms with van der Waals surface area (Å²) in [6.45, 7) is 3.37. The molecule has 0 aromatic carbocycles. The molecule has 3 heteroatoms. The Labute approximate surface area is 95.6 Å². The molecule has 2 fully saturated rings. The molecule has 0 amide bonds. The first-order chi connectivity index (χ1) is 7.84. The minimum atomic E-state index is 0.222. The van der Waals surface area contributed by atoms with Gasteiger partial charge in [0.15, 0.2) is 0 Å². The Hall–Kier alpha value is -1.06. The van der Waals surface area contributed by atoms with Crippen LogP contribution in [0.3, 0.4) is 0 Å². The highest BCUT2D eigenvalue weighted by molar-refractivity contribution is 5.47.